The summed E-state index contributed by atoms with van der Waals surface area (Å²) in [6.45, 7) is 9.49. The number of hydrogen-bond donors (Lipinski definition) is 0. The first-order valence-electron chi connectivity index (χ1n) is 19.8. The van der Waals surface area contributed by atoms with Crippen LogP contribution in [-0.4, -0.2) is 4.57 Å². The van der Waals surface area contributed by atoms with Gasteiger partial charge < -0.3 is 9.47 Å². The first kappa shape index (κ1) is 32.8. The lowest BCUT2D eigenvalue weighted by Gasteiger charge is -2.31. The summed E-state index contributed by atoms with van der Waals surface area (Å²) in [4.78, 5) is 2.55. The normalized spacial score (nSPS) is 14.4. The smallest absolute Gasteiger partial charge is 0.0562 e. The molecule has 56 heavy (non-hydrogen) atoms. The molecule has 0 fully saturated rings. The Labute approximate surface area is 328 Å². The van der Waals surface area contributed by atoms with Gasteiger partial charge in [-0.1, -0.05) is 161 Å². The number of hydrogen-bond acceptors (Lipinski definition) is 1. The lowest BCUT2D eigenvalue weighted by Crippen LogP contribution is -2.17. The zero-order chi connectivity index (χ0) is 37.8. The Hall–Kier alpha value is -6.64. The van der Waals surface area contributed by atoms with Gasteiger partial charge in [-0.2, -0.15) is 0 Å². The molecular weight excluding hydrogens is 677 g/mol. The molecule has 0 saturated heterocycles. The third-order valence-corrected chi connectivity index (χ3v) is 12.8. The molecule has 0 radical (unpaired) electrons. The zero-order valence-corrected chi connectivity index (χ0v) is 32.2. The summed E-state index contributed by atoms with van der Waals surface area (Å²) in [5.41, 5.74) is 20.0. The van der Waals surface area contributed by atoms with Gasteiger partial charge >= 0.3 is 0 Å². The van der Waals surface area contributed by atoms with Crippen molar-refractivity contribution in [1.29, 1.82) is 0 Å². The number of aromatic nitrogens is 1. The third kappa shape index (κ3) is 4.50. The highest BCUT2D eigenvalue weighted by molar-refractivity contribution is 6.17. The van der Waals surface area contributed by atoms with Gasteiger partial charge in [-0.25, -0.2) is 0 Å². The zero-order valence-electron chi connectivity index (χ0n) is 32.2. The van der Waals surface area contributed by atoms with E-state index in [2.05, 4.69) is 219 Å². The SMILES string of the molecule is CC1(C)c2ccccc2-c2ccc(N(c3ccccc3-c3cccc4c3-c3ccccc3C4(C)C)c3cccc4c3c3ccccc3n4-c3ccccc3)cc21. The summed E-state index contributed by atoms with van der Waals surface area (Å²) < 4.78 is 2.42. The van der Waals surface area contributed by atoms with E-state index in [-0.39, 0.29) is 10.8 Å². The minimum Gasteiger partial charge on any atom is -0.309 e. The van der Waals surface area contributed by atoms with Crippen molar-refractivity contribution in [2.24, 2.45) is 0 Å². The van der Waals surface area contributed by atoms with Gasteiger partial charge in [-0.05, 0) is 98.6 Å². The molecule has 0 atom stereocenters. The van der Waals surface area contributed by atoms with Gasteiger partial charge in [-0.15, -0.1) is 0 Å². The molecule has 9 aromatic rings. The average Bonchev–Trinajstić information content (AvgIpc) is 3.79. The maximum Gasteiger partial charge on any atom is 0.0562 e. The largest absolute Gasteiger partial charge is 0.309 e. The lowest BCUT2D eigenvalue weighted by atomic mass is 9.82. The molecule has 2 heteroatoms. The van der Waals surface area contributed by atoms with E-state index in [1.165, 1.54) is 77.4 Å². The molecule has 2 aliphatic carbocycles. The van der Waals surface area contributed by atoms with Crippen LogP contribution in [0.3, 0.4) is 0 Å². The molecule has 0 unspecified atom stereocenters. The molecule has 0 amide bonds. The van der Waals surface area contributed by atoms with Crippen LogP contribution in [0.1, 0.15) is 49.9 Å². The Morgan fingerprint density at radius 3 is 1.77 bits per heavy atom. The minimum atomic E-state index is -0.141. The molecular formula is C54H42N2. The Bertz CT molecular complexity index is 3030. The summed E-state index contributed by atoms with van der Waals surface area (Å²) >= 11 is 0. The molecule has 0 spiro atoms. The fourth-order valence-corrected chi connectivity index (χ4v) is 10.2. The van der Waals surface area contributed by atoms with Gasteiger partial charge in [0.05, 0.1) is 22.4 Å². The van der Waals surface area contributed by atoms with E-state index in [1.807, 2.05) is 0 Å². The number of nitrogens with zero attached hydrogens (tertiary/aromatic N) is 2. The molecule has 11 rings (SSSR count). The van der Waals surface area contributed by atoms with Gasteiger partial charge in [0.1, 0.15) is 0 Å². The Morgan fingerprint density at radius 2 is 0.946 bits per heavy atom. The van der Waals surface area contributed by atoms with Crippen LogP contribution in [0.4, 0.5) is 17.1 Å². The van der Waals surface area contributed by atoms with Crippen LogP contribution in [0.2, 0.25) is 0 Å². The maximum atomic E-state index is 2.55. The van der Waals surface area contributed by atoms with Crippen molar-refractivity contribution in [3.05, 3.63) is 204 Å². The fraction of sp³-hybridized carbons (Fsp3) is 0.111. The van der Waals surface area contributed by atoms with Crippen LogP contribution in [0, 0.1) is 0 Å². The second-order valence-electron chi connectivity index (χ2n) is 16.5. The van der Waals surface area contributed by atoms with E-state index in [9.17, 15) is 0 Å². The monoisotopic (exact) mass is 718 g/mol. The molecule has 2 nitrogen and oxygen atoms in total. The van der Waals surface area contributed by atoms with Crippen molar-refractivity contribution in [2.45, 2.75) is 38.5 Å². The van der Waals surface area contributed by atoms with E-state index in [0.717, 1.165) is 22.7 Å². The topological polar surface area (TPSA) is 8.17 Å². The van der Waals surface area contributed by atoms with Crippen molar-refractivity contribution in [3.63, 3.8) is 0 Å². The maximum absolute atomic E-state index is 2.55. The second-order valence-corrected chi connectivity index (χ2v) is 16.5. The third-order valence-electron chi connectivity index (χ3n) is 12.8. The standard InChI is InChI=1S/C54H42N2/c1-53(2)44-26-13-9-22-41(44)51-40(24-16-27-45(51)53)39-21-10-14-28-47(39)56(36-32-33-38-37-20-8-12-25-43(37)54(3,4)46(38)34-36)50-31-17-30-49-52(50)42-23-11-15-29-48(42)55(49)35-18-6-5-7-19-35/h5-34H,1-4H3. The Morgan fingerprint density at radius 1 is 0.393 bits per heavy atom. The Balaban J connectivity index is 1.23. The van der Waals surface area contributed by atoms with E-state index < -0.39 is 0 Å². The van der Waals surface area contributed by atoms with Crippen molar-refractivity contribution >= 4 is 38.9 Å². The molecule has 8 aromatic carbocycles. The highest BCUT2D eigenvalue weighted by atomic mass is 15.2. The highest BCUT2D eigenvalue weighted by Crippen LogP contribution is 2.56. The van der Waals surface area contributed by atoms with E-state index >= 15 is 0 Å². The van der Waals surface area contributed by atoms with Crippen LogP contribution in [-0.2, 0) is 10.8 Å². The van der Waals surface area contributed by atoms with Gasteiger partial charge in [-0.3, -0.25) is 0 Å². The van der Waals surface area contributed by atoms with Gasteiger partial charge in [0.25, 0.3) is 0 Å². The predicted molar refractivity (Wildman–Crippen MR) is 236 cm³/mol. The first-order chi connectivity index (χ1) is 27.3. The van der Waals surface area contributed by atoms with Gasteiger partial charge in [0.2, 0.25) is 0 Å². The van der Waals surface area contributed by atoms with Crippen molar-refractivity contribution in [3.8, 4) is 39.1 Å². The molecule has 1 heterocycles. The first-order valence-corrected chi connectivity index (χ1v) is 19.8. The van der Waals surface area contributed by atoms with Crippen LogP contribution in [0.5, 0.6) is 0 Å². The summed E-state index contributed by atoms with van der Waals surface area (Å²) in [6.07, 6.45) is 0. The number of fused-ring (bicyclic) bond motifs is 9. The Kier molecular flexibility index (Phi) is 6.98. The van der Waals surface area contributed by atoms with Crippen molar-refractivity contribution in [1.82, 2.24) is 4.57 Å². The molecule has 2 aliphatic rings. The number of para-hydroxylation sites is 3. The summed E-state index contributed by atoms with van der Waals surface area (Å²) in [5.74, 6) is 0. The van der Waals surface area contributed by atoms with Crippen LogP contribution < -0.4 is 4.90 Å². The number of benzene rings is 8. The molecule has 0 saturated carbocycles. The van der Waals surface area contributed by atoms with Crippen molar-refractivity contribution in [2.75, 3.05) is 4.90 Å². The lowest BCUT2D eigenvalue weighted by molar-refractivity contribution is 0.660. The average molecular weight is 719 g/mol. The number of rotatable bonds is 5. The fourth-order valence-electron chi connectivity index (χ4n) is 10.2. The number of anilines is 3. The highest BCUT2D eigenvalue weighted by Gasteiger charge is 2.38. The van der Waals surface area contributed by atoms with Crippen molar-refractivity contribution < 1.29 is 0 Å². The van der Waals surface area contributed by atoms with Gasteiger partial charge in [0, 0.05) is 38.5 Å². The van der Waals surface area contributed by atoms with E-state index in [1.54, 1.807) is 0 Å². The van der Waals surface area contributed by atoms with E-state index in [4.69, 9.17) is 0 Å². The quantitative estimate of drug-likeness (QED) is 0.172. The molecule has 268 valence electrons. The molecule has 0 aliphatic heterocycles. The van der Waals surface area contributed by atoms with E-state index in [0.29, 0.717) is 0 Å². The molecule has 0 N–H and O–H groups in total. The molecule has 1 aromatic heterocycles. The predicted octanol–water partition coefficient (Wildman–Crippen LogP) is 14.5. The summed E-state index contributed by atoms with van der Waals surface area (Å²) in [7, 11) is 0. The summed E-state index contributed by atoms with van der Waals surface area (Å²) in [5, 5.41) is 2.46. The summed E-state index contributed by atoms with van der Waals surface area (Å²) in [6, 6.07) is 67.5. The van der Waals surface area contributed by atoms with Crippen LogP contribution >= 0.6 is 0 Å². The molecule has 0 bridgehead atoms. The van der Waals surface area contributed by atoms with Gasteiger partial charge in [0.15, 0.2) is 0 Å². The van der Waals surface area contributed by atoms with Crippen LogP contribution in [0.25, 0.3) is 60.9 Å². The van der Waals surface area contributed by atoms with Crippen LogP contribution in [0.15, 0.2) is 182 Å². The minimum absolute atomic E-state index is 0.0952. The second kappa shape index (κ2) is 11.9.